The number of hydrogen-bond donors (Lipinski definition) is 2. The maximum absolute atomic E-state index is 13.1. The van der Waals surface area contributed by atoms with Gasteiger partial charge >= 0.3 is 6.01 Å². The smallest absolute Gasteiger partial charge is 0.302 e. The van der Waals surface area contributed by atoms with E-state index in [0.717, 1.165) is 22.5 Å². The van der Waals surface area contributed by atoms with Crippen LogP contribution in [0.5, 0.6) is 5.75 Å². The highest BCUT2D eigenvalue weighted by Crippen LogP contribution is 2.42. The Balaban J connectivity index is 1.54. The standard InChI is InChI=1S/C24H24N4O3/c1-24(2)12-17-20(18(29)13-24)21(14-8-10-15(30-3)11-9-14)27-22(25-17)28-23-26-16-6-4-5-7-19(16)31-23/h4-12,20-21H,13H2,1-3H3,(H2,25,26,27,28)/t20-,21-/m1/s1. The lowest BCUT2D eigenvalue weighted by atomic mass is 9.72. The van der Waals surface area contributed by atoms with Gasteiger partial charge in [-0.05, 0) is 35.2 Å². The second-order valence-electron chi connectivity index (χ2n) is 8.64. The number of rotatable bonds is 3. The fourth-order valence-electron chi connectivity index (χ4n) is 4.30. The monoisotopic (exact) mass is 416 g/mol. The van der Waals surface area contributed by atoms with Crippen LogP contribution in [-0.4, -0.2) is 23.8 Å². The van der Waals surface area contributed by atoms with Crippen LogP contribution in [0.1, 0.15) is 31.9 Å². The summed E-state index contributed by atoms with van der Waals surface area (Å²) in [4.78, 5) is 22.4. The summed E-state index contributed by atoms with van der Waals surface area (Å²) in [6.07, 6.45) is 2.62. The summed E-state index contributed by atoms with van der Waals surface area (Å²) in [7, 11) is 1.63. The molecular formula is C24H24N4O3. The molecule has 2 aliphatic rings. The minimum atomic E-state index is -0.353. The van der Waals surface area contributed by atoms with Crippen molar-refractivity contribution in [3.05, 3.63) is 65.9 Å². The van der Waals surface area contributed by atoms with Crippen LogP contribution in [0.25, 0.3) is 11.1 Å². The number of allylic oxidation sites excluding steroid dienone is 1. The molecule has 0 spiro atoms. The summed E-state index contributed by atoms with van der Waals surface area (Å²) in [5, 5.41) is 6.46. The van der Waals surface area contributed by atoms with Gasteiger partial charge in [0, 0.05) is 12.1 Å². The van der Waals surface area contributed by atoms with Gasteiger partial charge in [0.25, 0.3) is 0 Å². The average molecular weight is 416 g/mol. The van der Waals surface area contributed by atoms with Gasteiger partial charge in [-0.1, -0.05) is 44.2 Å². The van der Waals surface area contributed by atoms with Crippen LogP contribution in [0.3, 0.4) is 0 Å². The van der Waals surface area contributed by atoms with Gasteiger partial charge in [-0.25, -0.2) is 4.99 Å². The number of benzene rings is 2. The van der Waals surface area contributed by atoms with E-state index in [1.54, 1.807) is 7.11 Å². The number of Topliss-reactive ketones (excluding diaryl/α,β-unsaturated/α-hetero) is 1. The van der Waals surface area contributed by atoms with E-state index in [-0.39, 0.29) is 23.2 Å². The van der Waals surface area contributed by atoms with Gasteiger partial charge in [0.1, 0.15) is 17.0 Å². The summed E-state index contributed by atoms with van der Waals surface area (Å²) in [6.45, 7) is 4.13. The Hall–Kier alpha value is -3.61. The Bertz CT molecular complexity index is 1170. The van der Waals surface area contributed by atoms with E-state index in [9.17, 15) is 4.79 Å². The quantitative estimate of drug-likeness (QED) is 0.656. The van der Waals surface area contributed by atoms with E-state index in [1.165, 1.54) is 0 Å². The van der Waals surface area contributed by atoms with Gasteiger partial charge in [-0.15, -0.1) is 0 Å². The van der Waals surface area contributed by atoms with Gasteiger partial charge in [0.2, 0.25) is 5.96 Å². The first-order chi connectivity index (χ1) is 14.9. The molecule has 0 amide bonds. The van der Waals surface area contributed by atoms with Crippen molar-refractivity contribution >= 4 is 28.9 Å². The number of nitrogens with one attached hydrogen (secondary N) is 2. The van der Waals surface area contributed by atoms with Crippen LogP contribution in [0.2, 0.25) is 0 Å². The van der Waals surface area contributed by atoms with Crippen LogP contribution in [0.4, 0.5) is 6.01 Å². The first-order valence-corrected chi connectivity index (χ1v) is 10.3. The highest BCUT2D eigenvalue weighted by atomic mass is 16.5. The zero-order valence-corrected chi connectivity index (χ0v) is 17.7. The average Bonchev–Trinajstić information content (AvgIpc) is 3.14. The topological polar surface area (TPSA) is 88.8 Å². The van der Waals surface area contributed by atoms with Crippen molar-refractivity contribution < 1.29 is 13.9 Å². The molecule has 158 valence electrons. The minimum absolute atomic E-state index is 0.181. The molecule has 2 heterocycles. The summed E-state index contributed by atoms with van der Waals surface area (Å²) >= 11 is 0. The number of aliphatic imine (C=N–C) groups is 1. The molecule has 5 rings (SSSR count). The molecule has 1 aliphatic heterocycles. The largest absolute Gasteiger partial charge is 0.497 e. The number of guanidine groups is 1. The van der Waals surface area contributed by atoms with Gasteiger partial charge in [-0.3, -0.25) is 10.1 Å². The highest BCUT2D eigenvalue weighted by Gasteiger charge is 2.42. The molecule has 2 N–H and O–H groups in total. The zero-order chi connectivity index (χ0) is 21.6. The number of nitrogens with zero attached hydrogens (tertiary/aromatic N) is 2. The molecule has 7 heteroatoms. The van der Waals surface area contributed by atoms with Crippen molar-refractivity contribution in [2.45, 2.75) is 26.3 Å². The predicted molar refractivity (Wildman–Crippen MR) is 119 cm³/mol. The lowest BCUT2D eigenvalue weighted by Crippen LogP contribution is -2.45. The van der Waals surface area contributed by atoms with Crippen LogP contribution < -0.4 is 15.4 Å². The molecular weight excluding hydrogens is 392 g/mol. The predicted octanol–water partition coefficient (Wildman–Crippen LogP) is 4.45. The number of methoxy groups -OCH3 is 1. The summed E-state index contributed by atoms with van der Waals surface area (Å²) in [5.41, 5.74) is 3.04. The number of carbonyl (C=O) groups excluding carboxylic acids is 1. The molecule has 0 fully saturated rings. The lowest BCUT2D eigenvalue weighted by Gasteiger charge is -2.38. The normalized spacial score (nSPS) is 22.2. The Kier molecular flexibility index (Phi) is 4.54. The number of aromatic nitrogens is 1. The van der Waals surface area contributed by atoms with E-state index >= 15 is 0 Å². The van der Waals surface area contributed by atoms with E-state index < -0.39 is 0 Å². The Morgan fingerprint density at radius 1 is 1.16 bits per heavy atom. The molecule has 31 heavy (non-hydrogen) atoms. The number of hydrogen-bond acceptors (Lipinski definition) is 7. The molecule has 2 aromatic carbocycles. The third-order valence-electron chi connectivity index (χ3n) is 5.68. The number of carbonyl (C=O) groups is 1. The molecule has 1 aromatic heterocycles. The second-order valence-corrected chi connectivity index (χ2v) is 8.64. The van der Waals surface area contributed by atoms with Crippen molar-refractivity contribution in [1.82, 2.24) is 10.3 Å². The molecule has 3 aromatic rings. The molecule has 7 nitrogen and oxygen atoms in total. The fourth-order valence-corrected chi connectivity index (χ4v) is 4.30. The number of anilines is 1. The third-order valence-corrected chi connectivity index (χ3v) is 5.68. The van der Waals surface area contributed by atoms with Crippen molar-refractivity contribution in [1.29, 1.82) is 0 Å². The van der Waals surface area contributed by atoms with E-state index in [2.05, 4.69) is 35.5 Å². The third kappa shape index (κ3) is 3.67. The summed E-state index contributed by atoms with van der Waals surface area (Å²) < 4.78 is 11.1. The van der Waals surface area contributed by atoms with E-state index in [1.807, 2.05) is 48.5 Å². The van der Waals surface area contributed by atoms with Crippen molar-refractivity contribution in [2.24, 2.45) is 16.3 Å². The number of ketones is 1. The molecule has 1 aliphatic carbocycles. The van der Waals surface area contributed by atoms with Gasteiger partial charge in [0.05, 0.1) is 19.1 Å². The number of para-hydroxylation sites is 2. The second kappa shape index (κ2) is 7.27. The molecule has 2 atom stereocenters. The lowest BCUT2D eigenvalue weighted by molar-refractivity contribution is -0.124. The van der Waals surface area contributed by atoms with Crippen LogP contribution in [0, 0.1) is 11.3 Å². The number of fused-ring (bicyclic) bond motifs is 2. The fraction of sp³-hybridized carbons (Fsp3) is 0.292. The molecule has 0 saturated carbocycles. The summed E-state index contributed by atoms with van der Waals surface area (Å²) in [6, 6.07) is 15.3. The Morgan fingerprint density at radius 3 is 2.68 bits per heavy atom. The first kappa shape index (κ1) is 19.4. The van der Waals surface area contributed by atoms with Crippen LogP contribution in [0.15, 0.2) is 69.7 Å². The van der Waals surface area contributed by atoms with Gasteiger partial charge in [0.15, 0.2) is 5.58 Å². The van der Waals surface area contributed by atoms with Crippen LogP contribution >= 0.6 is 0 Å². The van der Waals surface area contributed by atoms with Crippen molar-refractivity contribution in [3.8, 4) is 5.75 Å². The summed E-state index contributed by atoms with van der Waals surface area (Å²) in [5.74, 6) is 1.09. The van der Waals surface area contributed by atoms with Crippen molar-refractivity contribution in [3.63, 3.8) is 0 Å². The Labute approximate surface area is 180 Å². The van der Waals surface area contributed by atoms with E-state index in [4.69, 9.17) is 14.1 Å². The first-order valence-electron chi connectivity index (χ1n) is 10.3. The minimum Gasteiger partial charge on any atom is -0.497 e. The highest BCUT2D eigenvalue weighted by molar-refractivity contribution is 5.98. The maximum Gasteiger partial charge on any atom is 0.302 e. The zero-order valence-electron chi connectivity index (χ0n) is 17.7. The van der Waals surface area contributed by atoms with Gasteiger partial charge < -0.3 is 14.5 Å². The Morgan fingerprint density at radius 2 is 1.94 bits per heavy atom. The SMILES string of the molecule is COc1ccc([C@H]2N=C(Nc3nc4ccccc4o3)NC3=CC(C)(C)CC(=O)[C@@H]32)cc1. The van der Waals surface area contributed by atoms with E-state index in [0.29, 0.717) is 24.0 Å². The van der Waals surface area contributed by atoms with Crippen LogP contribution in [-0.2, 0) is 4.79 Å². The molecule has 0 radical (unpaired) electrons. The maximum atomic E-state index is 13.1. The molecule has 0 saturated heterocycles. The van der Waals surface area contributed by atoms with Gasteiger partial charge in [-0.2, -0.15) is 4.98 Å². The molecule has 0 unspecified atom stereocenters. The number of ether oxygens (including phenoxy) is 1. The van der Waals surface area contributed by atoms with Crippen molar-refractivity contribution in [2.75, 3.05) is 12.4 Å². The molecule has 0 bridgehead atoms. The number of oxazole rings is 1.